The second kappa shape index (κ2) is 6.78. The van der Waals surface area contributed by atoms with Crippen LogP contribution in [0.25, 0.3) is 11.4 Å². The Kier molecular flexibility index (Phi) is 5.04. The van der Waals surface area contributed by atoms with E-state index in [9.17, 15) is 0 Å². The lowest BCUT2D eigenvalue weighted by atomic mass is 10.2. The lowest BCUT2D eigenvalue weighted by Gasteiger charge is -1.95. The first kappa shape index (κ1) is 13.4. The van der Waals surface area contributed by atoms with Gasteiger partial charge in [-0.25, -0.2) is 0 Å². The topological polar surface area (TPSA) is 64.9 Å². The highest BCUT2D eigenvalue weighted by atomic mass is 35.5. The average Bonchev–Trinajstić information content (AvgIpc) is 2.83. The number of hydrogen-bond donors (Lipinski definition) is 1. The summed E-state index contributed by atoms with van der Waals surface area (Å²) >= 11 is 7.66. The van der Waals surface area contributed by atoms with Crippen LogP contribution < -0.4 is 5.73 Å². The lowest BCUT2D eigenvalue weighted by molar-refractivity contribution is 0.391. The van der Waals surface area contributed by atoms with Gasteiger partial charge in [0.15, 0.2) is 0 Å². The van der Waals surface area contributed by atoms with E-state index in [0.717, 1.165) is 17.7 Å². The molecular weight excluding hydrogens is 270 g/mol. The Morgan fingerprint density at radius 2 is 2.28 bits per heavy atom. The second-order valence-electron chi connectivity index (χ2n) is 3.72. The van der Waals surface area contributed by atoms with Crippen LogP contribution >= 0.6 is 23.4 Å². The molecule has 0 spiro atoms. The molecule has 0 saturated carbocycles. The third-order valence-corrected chi connectivity index (χ3v) is 3.53. The molecular formula is C12H14ClN3OS. The van der Waals surface area contributed by atoms with Gasteiger partial charge in [-0.1, -0.05) is 28.9 Å². The summed E-state index contributed by atoms with van der Waals surface area (Å²) in [6.07, 6.45) is 1.000. The number of hydrogen-bond acceptors (Lipinski definition) is 5. The standard InChI is InChI=1S/C12H14ClN3OS/c13-10-4-1-3-9(7-10)12-15-11(17-16-12)8-18-6-2-5-14/h1,3-4,7H,2,5-6,8,14H2. The number of nitrogens with two attached hydrogens (primary N) is 1. The predicted octanol–water partition coefficient (Wildman–Crippen LogP) is 2.97. The van der Waals surface area contributed by atoms with Crippen molar-refractivity contribution < 1.29 is 4.52 Å². The number of thioether (sulfide) groups is 1. The molecule has 0 unspecified atom stereocenters. The lowest BCUT2D eigenvalue weighted by Crippen LogP contribution is -1.99. The van der Waals surface area contributed by atoms with Crippen molar-refractivity contribution in [3.05, 3.63) is 35.2 Å². The van der Waals surface area contributed by atoms with Crippen LogP contribution in [0.15, 0.2) is 28.8 Å². The largest absolute Gasteiger partial charge is 0.338 e. The van der Waals surface area contributed by atoms with Gasteiger partial charge in [-0.15, -0.1) is 0 Å². The summed E-state index contributed by atoms with van der Waals surface area (Å²) in [6, 6.07) is 7.40. The van der Waals surface area contributed by atoms with E-state index < -0.39 is 0 Å². The van der Waals surface area contributed by atoms with E-state index in [1.165, 1.54) is 0 Å². The van der Waals surface area contributed by atoms with Crippen LogP contribution in [-0.4, -0.2) is 22.4 Å². The van der Waals surface area contributed by atoms with Crippen molar-refractivity contribution in [2.45, 2.75) is 12.2 Å². The molecule has 0 fully saturated rings. The summed E-state index contributed by atoms with van der Waals surface area (Å²) in [5, 5.41) is 4.61. The molecule has 2 rings (SSSR count). The summed E-state index contributed by atoms with van der Waals surface area (Å²) in [6.45, 7) is 0.713. The maximum atomic E-state index is 5.92. The van der Waals surface area contributed by atoms with Gasteiger partial charge in [0.05, 0.1) is 5.75 Å². The highest BCUT2D eigenvalue weighted by molar-refractivity contribution is 7.98. The van der Waals surface area contributed by atoms with Crippen molar-refractivity contribution in [3.8, 4) is 11.4 Å². The highest BCUT2D eigenvalue weighted by Gasteiger charge is 2.08. The summed E-state index contributed by atoms with van der Waals surface area (Å²) in [4.78, 5) is 4.33. The Morgan fingerprint density at radius 1 is 1.39 bits per heavy atom. The molecule has 96 valence electrons. The van der Waals surface area contributed by atoms with Gasteiger partial charge in [-0.3, -0.25) is 0 Å². The molecule has 0 aliphatic carbocycles. The van der Waals surface area contributed by atoms with Crippen molar-refractivity contribution in [2.75, 3.05) is 12.3 Å². The molecule has 6 heteroatoms. The second-order valence-corrected chi connectivity index (χ2v) is 5.26. The number of benzene rings is 1. The van der Waals surface area contributed by atoms with E-state index in [1.807, 2.05) is 24.3 Å². The number of halogens is 1. The van der Waals surface area contributed by atoms with E-state index in [4.69, 9.17) is 21.9 Å². The van der Waals surface area contributed by atoms with Crippen molar-refractivity contribution in [1.82, 2.24) is 10.1 Å². The van der Waals surface area contributed by atoms with Gasteiger partial charge < -0.3 is 10.3 Å². The van der Waals surface area contributed by atoms with Gasteiger partial charge in [0, 0.05) is 10.6 Å². The molecule has 1 aromatic carbocycles. The maximum absolute atomic E-state index is 5.92. The fourth-order valence-electron chi connectivity index (χ4n) is 1.40. The average molecular weight is 284 g/mol. The Balaban J connectivity index is 1.97. The Bertz CT molecular complexity index is 504. The molecule has 0 radical (unpaired) electrons. The van der Waals surface area contributed by atoms with Crippen molar-refractivity contribution in [3.63, 3.8) is 0 Å². The monoisotopic (exact) mass is 283 g/mol. The van der Waals surface area contributed by atoms with E-state index in [-0.39, 0.29) is 0 Å². The van der Waals surface area contributed by atoms with Crippen LogP contribution in [0, 0.1) is 0 Å². The predicted molar refractivity (Wildman–Crippen MR) is 74.6 cm³/mol. The molecule has 0 saturated heterocycles. The molecule has 1 heterocycles. The van der Waals surface area contributed by atoms with Crippen LogP contribution in [0.2, 0.25) is 5.02 Å². The van der Waals surface area contributed by atoms with Gasteiger partial charge in [0.1, 0.15) is 0 Å². The van der Waals surface area contributed by atoms with Crippen molar-refractivity contribution in [2.24, 2.45) is 5.73 Å². The zero-order valence-corrected chi connectivity index (χ0v) is 11.4. The molecule has 0 aliphatic rings. The Morgan fingerprint density at radius 3 is 3.06 bits per heavy atom. The first-order valence-electron chi connectivity index (χ1n) is 5.66. The van der Waals surface area contributed by atoms with Gasteiger partial charge in [0.2, 0.25) is 11.7 Å². The van der Waals surface area contributed by atoms with E-state index in [1.54, 1.807) is 11.8 Å². The molecule has 2 N–H and O–H groups in total. The smallest absolute Gasteiger partial charge is 0.236 e. The quantitative estimate of drug-likeness (QED) is 0.826. The first-order valence-corrected chi connectivity index (χ1v) is 7.19. The van der Waals surface area contributed by atoms with Gasteiger partial charge in [-0.2, -0.15) is 16.7 Å². The minimum Gasteiger partial charge on any atom is -0.338 e. The van der Waals surface area contributed by atoms with Crippen molar-refractivity contribution >= 4 is 23.4 Å². The summed E-state index contributed by atoms with van der Waals surface area (Å²) < 4.78 is 5.18. The SMILES string of the molecule is NCCCSCc1nc(-c2cccc(Cl)c2)no1. The van der Waals surface area contributed by atoms with Crippen LogP contribution in [0.1, 0.15) is 12.3 Å². The Labute approximate surface area is 115 Å². The summed E-state index contributed by atoms with van der Waals surface area (Å²) in [7, 11) is 0. The van der Waals surface area contributed by atoms with Gasteiger partial charge >= 0.3 is 0 Å². The van der Waals surface area contributed by atoms with Crippen LogP contribution in [0.5, 0.6) is 0 Å². The molecule has 18 heavy (non-hydrogen) atoms. The first-order chi connectivity index (χ1) is 8.79. The third kappa shape index (κ3) is 3.73. The van der Waals surface area contributed by atoms with Crippen LogP contribution in [0.4, 0.5) is 0 Å². The summed E-state index contributed by atoms with van der Waals surface area (Å²) in [5.74, 6) is 2.93. The molecule has 0 aliphatic heterocycles. The Hall–Kier alpha value is -1.04. The minimum absolute atomic E-state index is 0.576. The van der Waals surface area contributed by atoms with E-state index >= 15 is 0 Å². The minimum atomic E-state index is 0.576. The highest BCUT2D eigenvalue weighted by Crippen LogP contribution is 2.21. The molecule has 4 nitrogen and oxygen atoms in total. The normalized spacial score (nSPS) is 10.8. The molecule has 0 bridgehead atoms. The van der Waals surface area contributed by atoms with E-state index in [0.29, 0.717) is 29.0 Å². The zero-order valence-electron chi connectivity index (χ0n) is 9.80. The third-order valence-electron chi connectivity index (χ3n) is 2.27. The van der Waals surface area contributed by atoms with Crippen LogP contribution in [0.3, 0.4) is 0 Å². The number of nitrogens with zero attached hydrogens (tertiary/aromatic N) is 2. The molecule has 1 aromatic heterocycles. The molecule has 0 amide bonds. The maximum Gasteiger partial charge on any atom is 0.236 e. The fourth-order valence-corrected chi connectivity index (χ4v) is 2.40. The van der Waals surface area contributed by atoms with Gasteiger partial charge in [0.25, 0.3) is 0 Å². The molecule has 2 aromatic rings. The van der Waals surface area contributed by atoms with Crippen LogP contribution in [-0.2, 0) is 5.75 Å². The van der Waals surface area contributed by atoms with E-state index in [2.05, 4.69) is 10.1 Å². The van der Waals surface area contributed by atoms with Gasteiger partial charge in [-0.05, 0) is 30.9 Å². The van der Waals surface area contributed by atoms with Crippen molar-refractivity contribution in [1.29, 1.82) is 0 Å². The number of aromatic nitrogens is 2. The fraction of sp³-hybridized carbons (Fsp3) is 0.333. The molecule has 0 atom stereocenters. The summed E-state index contributed by atoms with van der Waals surface area (Å²) in [5.41, 5.74) is 6.29. The zero-order chi connectivity index (χ0) is 12.8. The number of rotatable bonds is 6.